The maximum Gasteiger partial charge on any atom is 0.228 e. The third kappa shape index (κ3) is 6.45. The van der Waals surface area contributed by atoms with Crippen molar-refractivity contribution >= 4 is 5.96 Å². The van der Waals surface area contributed by atoms with Crippen molar-refractivity contribution in [3.05, 3.63) is 83.5 Å². The highest BCUT2D eigenvalue weighted by Gasteiger charge is 2.13. The molecule has 0 saturated carbocycles. The molecular formula is C23H29N5O. The standard InChI is InChI=1S/C23H29N5O/c1-3-24-23(26-17-15-22-27-18(2)28-29-22)25-16-14-21(19-10-6-4-7-11-19)20-12-8-5-9-13-20/h4-13,21H,3,14-17H2,1-2H3,(H2,24,25,26). The van der Waals surface area contributed by atoms with Gasteiger partial charge in [0, 0.05) is 32.0 Å². The zero-order valence-electron chi connectivity index (χ0n) is 17.1. The molecule has 6 nitrogen and oxygen atoms in total. The Bertz CT molecular complexity index is 837. The van der Waals surface area contributed by atoms with E-state index in [1.54, 1.807) is 0 Å². The summed E-state index contributed by atoms with van der Waals surface area (Å²) in [6.07, 6.45) is 1.61. The van der Waals surface area contributed by atoms with Crippen LogP contribution < -0.4 is 10.6 Å². The van der Waals surface area contributed by atoms with Crippen LogP contribution in [0.25, 0.3) is 0 Å². The molecule has 2 N–H and O–H groups in total. The molecule has 1 heterocycles. The summed E-state index contributed by atoms with van der Waals surface area (Å²) < 4.78 is 5.16. The summed E-state index contributed by atoms with van der Waals surface area (Å²) >= 11 is 0. The molecule has 0 aliphatic carbocycles. The maximum atomic E-state index is 5.16. The van der Waals surface area contributed by atoms with Crippen LogP contribution in [0.5, 0.6) is 0 Å². The van der Waals surface area contributed by atoms with Crippen LogP contribution in [-0.4, -0.2) is 35.7 Å². The lowest BCUT2D eigenvalue weighted by Crippen LogP contribution is -2.38. The number of aromatic nitrogens is 2. The topological polar surface area (TPSA) is 75.3 Å². The first kappa shape index (κ1) is 20.6. The molecule has 0 fully saturated rings. The Morgan fingerprint density at radius 1 is 1.00 bits per heavy atom. The summed E-state index contributed by atoms with van der Waals surface area (Å²) in [5.41, 5.74) is 2.64. The average molecular weight is 392 g/mol. The van der Waals surface area contributed by atoms with E-state index in [9.17, 15) is 0 Å². The lowest BCUT2D eigenvalue weighted by atomic mass is 9.89. The van der Waals surface area contributed by atoms with Gasteiger partial charge in [-0.05, 0) is 31.4 Å². The monoisotopic (exact) mass is 391 g/mol. The van der Waals surface area contributed by atoms with Gasteiger partial charge in [-0.1, -0.05) is 65.8 Å². The lowest BCUT2D eigenvalue weighted by molar-refractivity contribution is 0.374. The third-order valence-electron chi connectivity index (χ3n) is 4.64. The molecule has 0 amide bonds. The van der Waals surface area contributed by atoms with Crippen molar-refractivity contribution in [3.8, 4) is 0 Å². The van der Waals surface area contributed by atoms with Crippen LogP contribution in [-0.2, 0) is 6.42 Å². The van der Waals surface area contributed by atoms with Crippen molar-refractivity contribution in [2.45, 2.75) is 32.6 Å². The van der Waals surface area contributed by atoms with Crippen LogP contribution in [0, 0.1) is 6.92 Å². The molecule has 0 atom stereocenters. The second-order valence-corrected chi connectivity index (χ2v) is 6.84. The molecule has 0 radical (unpaired) electrons. The minimum absolute atomic E-state index is 0.324. The number of hydrogen-bond acceptors (Lipinski definition) is 4. The minimum atomic E-state index is 0.324. The lowest BCUT2D eigenvalue weighted by Gasteiger charge is -2.18. The Morgan fingerprint density at radius 2 is 1.66 bits per heavy atom. The highest BCUT2D eigenvalue weighted by atomic mass is 16.5. The first-order valence-corrected chi connectivity index (χ1v) is 10.2. The van der Waals surface area contributed by atoms with Crippen LogP contribution >= 0.6 is 0 Å². The molecule has 0 aliphatic rings. The second kappa shape index (κ2) is 11.0. The summed E-state index contributed by atoms with van der Waals surface area (Å²) in [5, 5.41) is 10.5. The first-order chi connectivity index (χ1) is 14.3. The van der Waals surface area contributed by atoms with Crippen LogP contribution in [0.15, 0.2) is 70.2 Å². The van der Waals surface area contributed by atoms with Gasteiger partial charge in [0.05, 0.1) is 0 Å². The Hall–Kier alpha value is -3.15. The summed E-state index contributed by atoms with van der Waals surface area (Å²) in [5.74, 6) is 2.43. The number of nitrogens with one attached hydrogen (secondary N) is 2. The van der Waals surface area contributed by atoms with Gasteiger partial charge in [-0.2, -0.15) is 4.98 Å². The van der Waals surface area contributed by atoms with Gasteiger partial charge in [0.25, 0.3) is 0 Å². The number of benzene rings is 2. The van der Waals surface area contributed by atoms with Crippen LogP contribution in [0.1, 0.15) is 42.1 Å². The van der Waals surface area contributed by atoms with Crippen molar-refractivity contribution in [2.75, 3.05) is 19.6 Å². The van der Waals surface area contributed by atoms with E-state index in [0.29, 0.717) is 30.6 Å². The average Bonchev–Trinajstić information content (AvgIpc) is 3.17. The molecule has 29 heavy (non-hydrogen) atoms. The molecule has 1 aromatic heterocycles. The molecular weight excluding hydrogens is 362 g/mol. The second-order valence-electron chi connectivity index (χ2n) is 6.84. The van der Waals surface area contributed by atoms with E-state index in [-0.39, 0.29) is 0 Å². The molecule has 152 valence electrons. The van der Waals surface area contributed by atoms with E-state index < -0.39 is 0 Å². The van der Waals surface area contributed by atoms with Crippen LogP contribution in [0.3, 0.4) is 0 Å². The number of hydrogen-bond donors (Lipinski definition) is 2. The summed E-state index contributed by atoms with van der Waals surface area (Å²) in [7, 11) is 0. The normalized spacial score (nSPS) is 11.6. The zero-order valence-corrected chi connectivity index (χ0v) is 17.1. The van der Waals surface area contributed by atoms with Gasteiger partial charge in [-0.15, -0.1) is 0 Å². The molecule has 0 unspecified atom stereocenters. The van der Waals surface area contributed by atoms with Crippen molar-refractivity contribution in [3.63, 3.8) is 0 Å². The van der Waals surface area contributed by atoms with E-state index in [1.165, 1.54) is 11.1 Å². The van der Waals surface area contributed by atoms with Crippen LogP contribution in [0.4, 0.5) is 0 Å². The fraction of sp³-hybridized carbons (Fsp3) is 0.348. The SMILES string of the molecule is CCNC(=NCCC(c1ccccc1)c1ccccc1)NCCc1nc(C)no1. The van der Waals surface area contributed by atoms with Gasteiger partial charge in [0.2, 0.25) is 5.89 Å². The fourth-order valence-corrected chi connectivity index (χ4v) is 3.27. The Labute approximate surface area is 172 Å². The molecule has 6 heteroatoms. The summed E-state index contributed by atoms with van der Waals surface area (Å²) in [6.45, 7) is 6.11. The van der Waals surface area contributed by atoms with Gasteiger partial charge in [0.15, 0.2) is 11.8 Å². The number of aryl methyl sites for hydroxylation is 1. The Morgan fingerprint density at radius 3 is 2.21 bits per heavy atom. The van der Waals surface area contributed by atoms with Crippen molar-refractivity contribution < 1.29 is 4.52 Å². The van der Waals surface area contributed by atoms with E-state index in [1.807, 2.05) is 6.92 Å². The minimum Gasteiger partial charge on any atom is -0.357 e. The quantitative estimate of drug-likeness (QED) is 0.430. The number of guanidine groups is 1. The maximum absolute atomic E-state index is 5.16. The van der Waals surface area contributed by atoms with Crippen LogP contribution in [0.2, 0.25) is 0 Å². The van der Waals surface area contributed by atoms with E-state index in [4.69, 9.17) is 9.52 Å². The number of rotatable bonds is 9. The van der Waals surface area contributed by atoms with E-state index >= 15 is 0 Å². The fourth-order valence-electron chi connectivity index (χ4n) is 3.27. The summed E-state index contributed by atoms with van der Waals surface area (Å²) in [4.78, 5) is 9.00. The van der Waals surface area contributed by atoms with Gasteiger partial charge < -0.3 is 15.2 Å². The number of aliphatic imine (C=N–C) groups is 1. The van der Waals surface area contributed by atoms with Gasteiger partial charge in [0.1, 0.15) is 0 Å². The molecule has 0 aliphatic heterocycles. The predicted molar refractivity (Wildman–Crippen MR) is 116 cm³/mol. The van der Waals surface area contributed by atoms with E-state index in [2.05, 4.69) is 88.4 Å². The summed E-state index contributed by atoms with van der Waals surface area (Å²) in [6, 6.07) is 21.3. The highest BCUT2D eigenvalue weighted by molar-refractivity contribution is 5.79. The van der Waals surface area contributed by atoms with E-state index in [0.717, 1.165) is 25.5 Å². The molecule has 3 rings (SSSR count). The zero-order chi connectivity index (χ0) is 20.3. The molecule has 0 spiro atoms. The highest BCUT2D eigenvalue weighted by Crippen LogP contribution is 2.27. The van der Waals surface area contributed by atoms with Gasteiger partial charge in [-0.25, -0.2) is 0 Å². The van der Waals surface area contributed by atoms with Crippen molar-refractivity contribution in [1.82, 2.24) is 20.8 Å². The molecule has 0 saturated heterocycles. The largest absolute Gasteiger partial charge is 0.357 e. The van der Waals surface area contributed by atoms with Gasteiger partial charge in [-0.3, -0.25) is 4.99 Å². The van der Waals surface area contributed by atoms with Gasteiger partial charge >= 0.3 is 0 Å². The molecule has 3 aromatic rings. The third-order valence-corrected chi connectivity index (χ3v) is 4.64. The predicted octanol–water partition coefficient (Wildman–Crippen LogP) is 3.70. The first-order valence-electron chi connectivity index (χ1n) is 10.2. The molecule has 2 aromatic carbocycles. The smallest absolute Gasteiger partial charge is 0.228 e. The molecule has 0 bridgehead atoms. The van der Waals surface area contributed by atoms with Crippen molar-refractivity contribution in [1.29, 1.82) is 0 Å². The Balaban J connectivity index is 1.60. The van der Waals surface area contributed by atoms with Crippen molar-refractivity contribution in [2.24, 2.45) is 4.99 Å². The number of nitrogens with zero attached hydrogens (tertiary/aromatic N) is 3. The Kier molecular flexibility index (Phi) is 7.81.